The zero-order valence-electron chi connectivity index (χ0n) is 15.0. The summed E-state index contributed by atoms with van der Waals surface area (Å²) in [6.07, 6.45) is 0.781. The topological polar surface area (TPSA) is 76.6 Å². The van der Waals surface area contributed by atoms with Gasteiger partial charge in [0.15, 0.2) is 9.84 Å². The highest BCUT2D eigenvalue weighted by molar-refractivity contribution is 7.92. The first-order valence-corrected chi connectivity index (χ1v) is 10.7. The SMILES string of the molecule is CCOc1cccc(C(=O)N2CCC(S(=O)(=O)c3ccc(Cl)cc3)CC2)n1. The van der Waals surface area contributed by atoms with E-state index in [1.165, 1.54) is 12.1 Å². The van der Waals surface area contributed by atoms with Gasteiger partial charge in [0.25, 0.3) is 5.91 Å². The minimum Gasteiger partial charge on any atom is -0.478 e. The fourth-order valence-electron chi connectivity index (χ4n) is 3.11. The zero-order valence-corrected chi connectivity index (χ0v) is 16.5. The monoisotopic (exact) mass is 408 g/mol. The van der Waals surface area contributed by atoms with Crippen molar-refractivity contribution >= 4 is 27.3 Å². The first-order valence-electron chi connectivity index (χ1n) is 8.80. The van der Waals surface area contributed by atoms with Crippen LogP contribution >= 0.6 is 11.6 Å². The van der Waals surface area contributed by atoms with Gasteiger partial charge in [-0.1, -0.05) is 17.7 Å². The number of hydrogen-bond donors (Lipinski definition) is 0. The van der Waals surface area contributed by atoms with Gasteiger partial charge in [0.1, 0.15) is 5.69 Å². The van der Waals surface area contributed by atoms with Gasteiger partial charge in [-0.3, -0.25) is 4.79 Å². The molecule has 0 bridgehead atoms. The van der Waals surface area contributed by atoms with Crippen LogP contribution in [-0.4, -0.2) is 49.2 Å². The number of halogens is 1. The van der Waals surface area contributed by atoms with Crippen molar-refractivity contribution in [2.45, 2.75) is 29.9 Å². The van der Waals surface area contributed by atoms with Crippen LogP contribution in [0.4, 0.5) is 0 Å². The second kappa shape index (κ2) is 8.27. The third kappa shape index (κ3) is 4.42. The third-order valence-electron chi connectivity index (χ3n) is 4.55. The van der Waals surface area contributed by atoms with Gasteiger partial charge in [-0.2, -0.15) is 0 Å². The van der Waals surface area contributed by atoms with Crippen molar-refractivity contribution in [3.8, 4) is 5.88 Å². The molecule has 8 heteroatoms. The Morgan fingerprint density at radius 3 is 2.48 bits per heavy atom. The number of likely N-dealkylation sites (tertiary alicyclic amines) is 1. The number of benzene rings is 1. The summed E-state index contributed by atoms with van der Waals surface area (Å²) in [7, 11) is -3.44. The number of hydrogen-bond acceptors (Lipinski definition) is 5. The molecule has 0 unspecified atom stereocenters. The molecule has 1 aromatic heterocycles. The van der Waals surface area contributed by atoms with E-state index in [1.807, 2.05) is 6.92 Å². The van der Waals surface area contributed by atoms with Crippen molar-refractivity contribution in [1.82, 2.24) is 9.88 Å². The van der Waals surface area contributed by atoms with Crippen molar-refractivity contribution in [3.63, 3.8) is 0 Å². The number of ether oxygens (including phenoxy) is 1. The molecule has 0 radical (unpaired) electrons. The van der Waals surface area contributed by atoms with E-state index in [2.05, 4.69) is 4.98 Å². The molecular formula is C19H21ClN2O4S. The highest BCUT2D eigenvalue weighted by atomic mass is 35.5. The molecule has 1 aliphatic heterocycles. The molecule has 2 heterocycles. The van der Waals surface area contributed by atoms with Crippen molar-refractivity contribution in [1.29, 1.82) is 0 Å². The van der Waals surface area contributed by atoms with E-state index in [9.17, 15) is 13.2 Å². The van der Waals surface area contributed by atoms with Crippen LogP contribution in [0, 0.1) is 0 Å². The van der Waals surface area contributed by atoms with Crippen LogP contribution < -0.4 is 4.74 Å². The van der Waals surface area contributed by atoms with Gasteiger partial charge in [-0.25, -0.2) is 13.4 Å². The molecular weight excluding hydrogens is 388 g/mol. The molecule has 0 N–H and O–H groups in total. The van der Waals surface area contributed by atoms with E-state index in [1.54, 1.807) is 35.2 Å². The summed E-state index contributed by atoms with van der Waals surface area (Å²) in [5.74, 6) is 0.197. The summed E-state index contributed by atoms with van der Waals surface area (Å²) in [6, 6.07) is 11.3. The molecule has 6 nitrogen and oxygen atoms in total. The summed E-state index contributed by atoms with van der Waals surface area (Å²) in [4.78, 5) is 18.8. The summed E-state index contributed by atoms with van der Waals surface area (Å²) in [6.45, 7) is 3.06. The third-order valence-corrected chi connectivity index (χ3v) is 7.08. The first kappa shape index (κ1) is 19.6. The fraction of sp³-hybridized carbons (Fsp3) is 0.368. The molecule has 0 saturated carbocycles. The molecule has 0 atom stereocenters. The number of rotatable bonds is 5. The number of nitrogens with zero attached hydrogens (tertiary/aromatic N) is 2. The van der Waals surface area contributed by atoms with Crippen molar-refractivity contribution < 1.29 is 17.9 Å². The number of carbonyl (C=O) groups is 1. The van der Waals surface area contributed by atoms with Crippen LogP contribution in [0.1, 0.15) is 30.3 Å². The number of pyridine rings is 1. The standard InChI is InChI=1S/C19H21ClN2O4S/c1-2-26-18-5-3-4-17(21-18)19(23)22-12-10-16(11-13-22)27(24,25)15-8-6-14(20)7-9-15/h3-9,16H,2,10-13H2,1H3. The Kier molecular flexibility index (Phi) is 6.01. The van der Waals surface area contributed by atoms with E-state index in [4.69, 9.17) is 16.3 Å². The summed E-state index contributed by atoms with van der Waals surface area (Å²) in [5.41, 5.74) is 0.306. The lowest BCUT2D eigenvalue weighted by molar-refractivity contribution is 0.0718. The van der Waals surface area contributed by atoms with Gasteiger partial charge in [-0.05, 0) is 50.1 Å². The van der Waals surface area contributed by atoms with Gasteiger partial charge in [0.2, 0.25) is 5.88 Å². The number of piperidine rings is 1. The zero-order chi connectivity index (χ0) is 19.4. The Morgan fingerprint density at radius 2 is 1.85 bits per heavy atom. The number of aromatic nitrogens is 1. The molecule has 1 aliphatic rings. The van der Waals surface area contributed by atoms with Gasteiger partial charge in [-0.15, -0.1) is 0 Å². The predicted octanol–water partition coefficient (Wildman–Crippen LogP) is 3.21. The number of amides is 1. The first-order chi connectivity index (χ1) is 12.9. The molecule has 0 aliphatic carbocycles. The fourth-order valence-corrected chi connectivity index (χ4v) is 4.97. The highest BCUT2D eigenvalue weighted by Gasteiger charge is 2.33. The molecule has 0 spiro atoms. The lowest BCUT2D eigenvalue weighted by Crippen LogP contribution is -2.42. The normalized spacial score (nSPS) is 15.6. The second-order valence-corrected chi connectivity index (χ2v) is 8.95. The average Bonchev–Trinajstić information content (AvgIpc) is 2.68. The van der Waals surface area contributed by atoms with Crippen LogP contribution in [0.5, 0.6) is 5.88 Å². The van der Waals surface area contributed by atoms with Crippen molar-refractivity contribution in [2.75, 3.05) is 19.7 Å². The quantitative estimate of drug-likeness (QED) is 0.759. The van der Waals surface area contributed by atoms with E-state index >= 15 is 0 Å². The Morgan fingerprint density at radius 1 is 1.19 bits per heavy atom. The molecule has 1 aromatic carbocycles. The molecule has 1 saturated heterocycles. The maximum Gasteiger partial charge on any atom is 0.272 e. The Balaban J connectivity index is 1.67. The lowest BCUT2D eigenvalue weighted by atomic mass is 10.1. The summed E-state index contributed by atoms with van der Waals surface area (Å²) >= 11 is 5.84. The summed E-state index contributed by atoms with van der Waals surface area (Å²) < 4.78 is 30.9. The molecule has 1 amide bonds. The molecule has 1 fully saturated rings. The summed E-state index contributed by atoms with van der Waals surface area (Å²) in [5, 5.41) is -0.0124. The molecule has 2 aromatic rings. The maximum absolute atomic E-state index is 12.8. The molecule has 3 rings (SSSR count). The van der Waals surface area contributed by atoms with Gasteiger partial charge in [0, 0.05) is 24.2 Å². The Bertz CT molecular complexity index is 908. The van der Waals surface area contributed by atoms with E-state index in [0.29, 0.717) is 49.1 Å². The van der Waals surface area contributed by atoms with Crippen LogP contribution in [0.2, 0.25) is 5.02 Å². The molecule has 144 valence electrons. The van der Waals surface area contributed by atoms with Gasteiger partial charge in [0.05, 0.1) is 16.8 Å². The smallest absolute Gasteiger partial charge is 0.272 e. The van der Waals surface area contributed by atoms with E-state index in [0.717, 1.165) is 0 Å². The Labute approximate surface area is 164 Å². The minimum atomic E-state index is -3.44. The van der Waals surface area contributed by atoms with Crippen LogP contribution in [0.3, 0.4) is 0 Å². The van der Waals surface area contributed by atoms with Crippen molar-refractivity contribution in [2.24, 2.45) is 0 Å². The highest BCUT2D eigenvalue weighted by Crippen LogP contribution is 2.26. The van der Waals surface area contributed by atoms with Crippen molar-refractivity contribution in [3.05, 3.63) is 53.2 Å². The van der Waals surface area contributed by atoms with Crippen LogP contribution in [0.25, 0.3) is 0 Å². The number of sulfone groups is 1. The largest absolute Gasteiger partial charge is 0.478 e. The average molecular weight is 409 g/mol. The second-order valence-electron chi connectivity index (χ2n) is 6.28. The van der Waals surface area contributed by atoms with E-state index < -0.39 is 15.1 Å². The van der Waals surface area contributed by atoms with Crippen LogP contribution in [-0.2, 0) is 9.84 Å². The Hall–Kier alpha value is -2.12. The lowest BCUT2D eigenvalue weighted by Gasteiger charge is -2.31. The minimum absolute atomic E-state index is 0.209. The van der Waals surface area contributed by atoms with Gasteiger partial charge < -0.3 is 9.64 Å². The van der Waals surface area contributed by atoms with Gasteiger partial charge >= 0.3 is 0 Å². The van der Waals surface area contributed by atoms with Crippen LogP contribution in [0.15, 0.2) is 47.4 Å². The maximum atomic E-state index is 12.8. The van der Waals surface area contributed by atoms with E-state index in [-0.39, 0.29) is 10.8 Å². The molecule has 27 heavy (non-hydrogen) atoms. The predicted molar refractivity (Wildman–Crippen MR) is 103 cm³/mol. The number of carbonyl (C=O) groups excluding carboxylic acids is 1.